The van der Waals surface area contributed by atoms with Crippen LogP contribution in [0, 0.1) is 0 Å². The van der Waals surface area contributed by atoms with E-state index in [0.29, 0.717) is 35.7 Å². The topological polar surface area (TPSA) is 67.9 Å². The van der Waals surface area contributed by atoms with Crippen LogP contribution in [0.1, 0.15) is 24.8 Å². The summed E-state index contributed by atoms with van der Waals surface area (Å²) < 4.78 is 34.1. The molecule has 1 aliphatic heterocycles. The van der Waals surface area contributed by atoms with E-state index in [0.717, 1.165) is 12.8 Å². The number of benzene rings is 2. The summed E-state index contributed by atoms with van der Waals surface area (Å²) in [5, 5.41) is 2.80. The Hall–Kier alpha value is -3.16. The van der Waals surface area contributed by atoms with E-state index in [1.54, 1.807) is 35.2 Å². The summed E-state index contributed by atoms with van der Waals surface area (Å²) in [6.45, 7) is -2.28. The van der Waals surface area contributed by atoms with E-state index in [2.05, 4.69) is 10.1 Å². The van der Waals surface area contributed by atoms with Gasteiger partial charge in [0.1, 0.15) is 11.5 Å². The molecule has 0 aliphatic carbocycles. The predicted molar refractivity (Wildman–Crippen MR) is 105 cm³/mol. The van der Waals surface area contributed by atoms with Crippen molar-refractivity contribution in [2.75, 3.05) is 23.9 Å². The number of anilines is 2. The number of carbonyl (C=O) groups is 2. The Balaban J connectivity index is 1.68. The van der Waals surface area contributed by atoms with Crippen LogP contribution in [-0.4, -0.2) is 32.1 Å². The van der Waals surface area contributed by atoms with Crippen molar-refractivity contribution in [3.63, 3.8) is 0 Å². The van der Waals surface area contributed by atoms with E-state index in [1.165, 1.54) is 19.2 Å². The highest BCUT2D eigenvalue weighted by molar-refractivity contribution is 5.98. The Bertz CT molecular complexity index is 871. The van der Waals surface area contributed by atoms with Gasteiger partial charge in [0.25, 0.3) is 0 Å². The second-order valence-corrected chi connectivity index (χ2v) is 6.64. The van der Waals surface area contributed by atoms with E-state index in [9.17, 15) is 18.4 Å². The van der Waals surface area contributed by atoms with Gasteiger partial charge in [-0.15, -0.1) is 0 Å². The number of hydrogen-bond acceptors (Lipinski definition) is 4. The molecule has 0 bridgehead atoms. The number of hydrogen-bond donors (Lipinski definition) is 1. The van der Waals surface area contributed by atoms with E-state index >= 15 is 0 Å². The summed E-state index contributed by atoms with van der Waals surface area (Å²) in [6.07, 6.45) is 2.34. The van der Waals surface area contributed by atoms with Crippen LogP contribution in [-0.2, 0) is 16.0 Å². The maximum absolute atomic E-state index is 12.4. The smallest absolute Gasteiger partial charge is 0.387 e. The molecule has 0 aromatic heterocycles. The maximum Gasteiger partial charge on any atom is 0.387 e. The first-order chi connectivity index (χ1) is 14.0. The van der Waals surface area contributed by atoms with Crippen LogP contribution in [0.4, 0.5) is 20.2 Å². The summed E-state index contributed by atoms with van der Waals surface area (Å²) in [6, 6.07) is 11.0. The van der Waals surface area contributed by atoms with Gasteiger partial charge in [-0.25, -0.2) is 0 Å². The first-order valence-corrected chi connectivity index (χ1v) is 9.28. The summed E-state index contributed by atoms with van der Waals surface area (Å²) in [5.41, 5.74) is 1.83. The third-order valence-corrected chi connectivity index (χ3v) is 4.59. The number of nitrogens with one attached hydrogen (secondary N) is 1. The average molecular weight is 404 g/mol. The van der Waals surface area contributed by atoms with E-state index in [-0.39, 0.29) is 24.0 Å². The van der Waals surface area contributed by atoms with Crippen molar-refractivity contribution < 1.29 is 27.8 Å². The second kappa shape index (κ2) is 9.36. The van der Waals surface area contributed by atoms with Gasteiger partial charge in [0, 0.05) is 18.7 Å². The number of alkyl halides is 2. The normalized spacial score (nSPS) is 14.1. The molecule has 0 unspecified atom stereocenters. The van der Waals surface area contributed by atoms with Gasteiger partial charge >= 0.3 is 6.61 Å². The number of halogens is 2. The lowest BCUT2D eigenvalue weighted by atomic mass is 10.1. The van der Waals surface area contributed by atoms with Gasteiger partial charge in [0.2, 0.25) is 11.8 Å². The van der Waals surface area contributed by atoms with E-state index < -0.39 is 6.61 Å². The number of ether oxygens (including phenoxy) is 2. The van der Waals surface area contributed by atoms with Crippen molar-refractivity contribution in [1.29, 1.82) is 0 Å². The molecule has 1 heterocycles. The van der Waals surface area contributed by atoms with Gasteiger partial charge in [-0.1, -0.05) is 12.1 Å². The minimum Gasteiger partial charge on any atom is -0.495 e. The second-order valence-electron chi connectivity index (χ2n) is 6.64. The standard InChI is InChI=1S/C21H22F2N2O4/c1-28-18-10-7-15(13-17(18)25-11-3-2-4-20(25)27)24-19(26)12-14-5-8-16(9-6-14)29-21(22)23/h5-10,13,21H,2-4,11-12H2,1H3,(H,24,26). The quantitative estimate of drug-likeness (QED) is 0.758. The zero-order valence-electron chi connectivity index (χ0n) is 16.0. The molecule has 2 amide bonds. The molecular formula is C21H22F2N2O4. The predicted octanol–water partition coefficient (Wildman–Crippen LogP) is 3.99. The lowest BCUT2D eigenvalue weighted by Crippen LogP contribution is -2.35. The molecule has 0 saturated carbocycles. The molecule has 1 saturated heterocycles. The highest BCUT2D eigenvalue weighted by Gasteiger charge is 2.23. The van der Waals surface area contributed by atoms with Crippen molar-refractivity contribution in [3.05, 3.63) is 48.0 Å². The maximum atomic E-state index is 12.4. The van der Waals surface area contributed by atoms with Crippen LogP contribution in [0.2, 0.25) is 0 Å². The number of nitrogens with zero attached hydrogens (tertiary/aromatic N) is 1. The molecule has 0 atom stereocenters. The van der Waals surface area contributed by atoms with Crippen LogP contribution in [0.3, 0.4) is 0 Å². The van der Waals surface area contributed by atoms with Gasteiger partial charge in [0.15, 0.2) is 0 Å². The molecule has 154 valence electrons. The zero-order valence-corrected chi connectivity index (χ0v) is 16.0. The summed E-state index contributed by atoms with van der Waals surface area (Å²) in [4.78, 5) is 26.3. The van der Waals surface area contributed by atoms with Crippen molar-refractivity contribution in [2.45, 2.75) is 32.3 Å². The van der Waals surface area contributed by atoms with Gasteiger partial charge in [0.05, 0.1) is 19.2 Å². The molecule has 2 aromatic carbocycles. The monoisotopic (exact) mass is 404 g/mol. The Labute approximate surface area is 167 Å². The van der Waals surface area contributed by atoms with Crippen molar-refractivity contribution in [3.8, 4) is 11.5 Å². The molecule has 1 N–H and O–H groups in total. The molecule has 0 radical (unpaired) electrons. The molecule has 8 heteroatoms. The lowest BCUT2D eigenvalue weighted by Gasteiger charge is -2.28. The first kappa shape index (κ1) is 20.6. The molecule has 1 aliphatic rings. The third-order valence-electron chi connectivity index (χ3n) is 4.59. The SMILES string of the molecule is COc1ccc(NC(=O)Cc2ccc(OC(F)F)cc2)cc1N1CCCCC1=O. The summed E-state index contributed by atoms with van der Waals surface area (Å²) in [5.74, 6) is 0.362. The fourth-order valence-electron chi connectivity index (χ4n) is 3.22. The largest absolute Gasteiger partial charge is 0.495 e. The molecule has 6 nitrogen and oxygen atoms in total. The van der Waals surface area contributed by atoms with Gasteiger partial charge < -0.3 is 19.7 Å². The van der Waals surface area contributed by atoms with Crippen molar-refractivity contribution in [1.82, 2.24) is 0 Å². The molecular weight excluding hydrogens is 382 g/mol. The highest BCUT2D eigenvalue weighted by atomic mass is 19.3. The fourth-order valence-corrected chi connectivity index (χ4v) is 3.22. The van der Waals surface area contributed by atoms with Gasteiger partial charge in [-0.2, -0.15) is 8.78 Å². The third kappa shape index (κ3) is 5.43. The van der Waals surface area contributed by atoms with Crippen LogP contribution in [0.15, 0.2) is 42.5 Å². The Morgan fingerprint density at radius 1 is 1.17 bits per heavy atom. The first-order valence-electron chi connectivity index (χ1n) is 9.28. The molecule has 1 fully saturated rings. The summed E-state index contributed by atoms with van der Waals surface area (Å²) in [7, 11) is 1.53. The van der Waals surface area contributed by atoms with Crippen molar-refractivity contribution >= 4 is 23.2 Å². The molecule has 0 spiro atoms. The fraction of sp³-hybridized carbons (Fsp3) is 0.333. The number of piperidine rings is 1. The van der Waals surface area contributed by atoms with Crippen molar-refractivity contribution in [2.24, 2.45) is 0 Å². The molecule has 29 heavy (non-hydrogen) atoms. The minimum absolute atomic E-state index is 0.0316. The van der Waals surface area contributed by atoms with Crippen LogP contribution < -0.4 is 19.7 Å². The van der Waals surface area contributed by atoms with Crippen LogP contribution >= 0.6 is 0 Å². The van der Waals surface area contributed by atoms with Gasteiger partial charge in [-0.3, -0.25) is 9.59 Å². The van der Waals surface area contributed by atoms with Crippen LogP contribution in [0.25, 0.3) is 0 Å². The number of rotatable bonds is 7. The number of methoxy groups -OCH3 is 1. The highest BCUT2D eigenvalue weighted by Crippen LogP contribution is 2.33. The number of carbonyl (C=O) groups excluding carboxylic acids is 2. The summed E-state index contributed by atoms with van der Waals surface area (Å²) >= 11 is 0. The van der Waals surface area contributed by atoms with E-state index in [4.69, 9.17) is 4.74 Å². The zero-order chi connectivity index (χ0) is 20.8. The Kier molecular flexibility index (Phi) is 6.64. The van der Waals surface area contributed by atoms with Gasteiger partial charge in [-0.05, 0) is 48.7 Å². The van der Waals surface area contributed by atoms with Crippen LogP contribution in [0.5, 0.6) is 11.5 Å². The van der Waals surface area contributed by atoms with E-state index in [1.807, 2.05) is 0 Å². The Morgan fingerprint density at radius 2 is 1.93 bits per heavy atom. The Morgan fingerprint density at radius 3 is 2.59 bits per heavy atom. The number of amides is 2. The lowest BCUT2D eigenvalue weighted by molar-refractivity contribution is -0.119. The average Bonchev–Trinajstić information content (AvgIpc) is 2.69. The molecule has 3 rings (SSSR count). The molecule has 2 aromatic rings. The minimum atomic E-state index is -2.89.